The minimum absolute atomic E-state index is 0.0709. The van der Waals surface area contributed by atoms with E-state index in [1.54, 1.807) is 0 Å². The van der Waals surface area contributed by atoms with Crippen LogP contribution in [0, 0.1) is 5.82 Å². The molecule has 0 spiro atoms. The van der Waals surface area contributed by atoms with Crippen molar-refractivity contribution in [3.8, 4) is 5.88 Å². The van der Waals surface area contributed by atoms with E-state index in [4.69, 9.17) is 9.47 Å². The van der Waals surface area contributed by atoms with E-state index >= 15 is 0 Å². The fourth-order valence-corrected chi connectivity index (χ4v) is 1.10. The number of hydrogen-bond donors (Lipinski definition) is 1. The number of methoxy groups -OCH3 is 2. The Kier molecular flexibility index (Phi) is 3.79. The van der Waals surface area contributed by atoms with Crippen LogP contribution in [0.4, 0.5) is 4.39 Å². The van der Waals surface area contributed by atoms with E-state index in [0.717, 1.165) is 6.20 Å². The SMILES string of the molecule is COCC(O)c1cc(F)cnc1OC. The first-order chi connectivity index (χ1) is 6.69. The molecule has 4 nitrogen and oxygen atoms in total. The molecular weight excluding hydrogens is 189 g/mol. The molecule has 0 radical (unpaired) electrons. The highest BCUT2D eigenvalue weighted by Crippen LogP contribution is 2.23. The maximum Gasteiger partial charge on any atom is 0.219 e. The number of ether oxygens (including phenoxy) is 2. The molecule has 1 atom stereocenters. The van der Waals surface area contributed by atoms with Crippen molar-refractivity contribution in [2.45, 2.75) is 6.10 Å². The van der Waals surface area contributed by atoms with Crippen LogP contribution >= 0.6 is 0 Å². The van der Waals surface area contributed by atoms with Crippen LogP contribution in [0.5, 0.6) is 5.88 Å². The Morgan fingerprint density at radius 1 is 1.57 bits per heavy atom. The van der Waals surface area contributed by atoms with Crippen molar-refractivity contribution >= 4 is 0 Å². The van der Waals surface area contributed by atoms with Gasteiger partial charge >= 0.3 is 0 Å². The van der Waals surface area contributed by atoms with Crippen LogP contribution in [-0.4, -0.2) is 30.9 Å². The molecule has 1 aromatic rings. The lowest BCUT2D eigenvalue weighted by molar-refractivity contribution is 0.0621. The Bertz CT molecular complexity index is 306. The van der Waals surface area contributed by atoms with Gasteiger partial charge in [0.2, 0.25) is 5.88 Å². The largest absolute Gasteiger partial charge is 0.481 e. The van der Waals surface area contributed by atoms with Crippen molar-refractivity contribution < 1.29 is 19.0 Å². The third-order valence-corrected chi connectivity index (χ3v) is 1.72. The molecule has 1 unspecified atom stereocenters. The van der Waals surface area contributed by atoms with E-state index in [1.165, 1.54) is 20.3 Å². The van der Waals surface area contributed by atoms with Crippen LogP contribution in [-0.2, 0) is 4.74 Å². The van der Waals surface area contributed by atoms with E-state index < -0.39 is 11.9 Å². The van der Waals surface area contributed by atoms with Crippen LogP contribution in [0.25, 0.3) is 0 Å². The Morgan fingerprint density at radius 3 is 2.86 bits per heavy atom. The van der Waals surface area contributed by atoms with Gasteiger partial charge in [-0.3, -0.25) is 0 Å². The Morgan fingerprint density at radius 2 is 2.29 bits per heavy atom. The monoisotopic (exact) mass is 201 g/mol. The average molecular weight is 201 g/mol. The number of rotatable bonds is 4. The lowest BCUT2D eigenvalue weighted by atomic mass is 10.1. The molecule has 1 heterocycles. The Balaban J connectivity index is 2.97. The molecule has 0 aromatic carbocycles. The van der Waals surface area contributed by atoms with Gasteiger partial charge in [-0.25, -0.2) is 9.37 Å². The fraction of sp³-hybridized carbons (Fsp3) is 0.444. The third-order valence-electron chi connectivity index (χ3n) is 1.72. The number of pyridine rings is 1. The molecule has 1 aromatic heterocycles. The number of halogens is 1. The second-order valence-electron chi connectivity index (χ2n) is 2.72. The van der Waals surface area contributed by atoms with Gasteiger partial charge in [-0.2, -0.15) is 0 Å². The standard InChI is InChI=1S/C9H12FNO3/c1-13-5-8(12)7-3-6(10)4-11-9(7)14-2/h3-4,8,12H,5H2,1-2H3. The van der Waals surface area contributed by atoms with Gasteiger partial charge in [-0.1, -0.05) is 0 Å². The molecule has 0 fully saturated rings. The number of nitrogens with zero attached hydrogens (tertiary/aromatic N) is 1. The normalized spacial score (nSPS) is 12.6. The van der Waals surface area contributed by atoms with Crippen LogP contribution < -0.4 is 4.74 Å². The van der Waals surface area contributed by atoms with Crippen LogP contribution in [0.2, 0.25) is 0 Å². The van der Waals surface area contributed by atoms with E-state index in [0.29, 0.717) is 0 Å². The maximum atomic E-state index is 12.8. The molecule has 0 aliphatic carbocycles. The predicted molar refractivity (Wildman–Crippen MR) is 47.6 cm³/mol. The van der Waals surface area contributed by atoms with E-state index in [9.17, 15) is 9.50 Å². The van der Waals surface area contributed by atoms with E-state index in [2.05, 4.69) is 4.98 Å². The molecule has 14 heavy (non-hydrogen) atoms. The lowest BCUT2D eigenvalue weighted by Crippen LogP contribution is -2.08. The van der Waals surface area contributed by atoms with Gasteiger partial charge in [0.15, 0.2) is 0 Å². The molecular formula is C9H12FNO3. The summed E-state index contributed by atoms with van der Waals surface area (Å²) < 4.78 is 22.4. The van der Waals surface area contributed by atoms with E-state index in [1.807, 2.05) is 0 Å². The van der Waals surface area contributed by atoms with Crippen molar-refractivity contribution in [3.05, 3.63) is 23.6 Å². The summed E-state index contributed by atoms with van der Waals surface area (Å²) in [4.78, 5) is 3.69. The highest BCUT2D eigenvalue weighted by molar-refractivity contribution is 5.28. The summed E-state index contributed by atoms with van der Waals surface area (Å²) >= 11 is 0. The number of aliphatic hydroxyl groups excluding tert-OH is 1. The van der Waals surface area contributed by atoms with Crippen LogP contribution in [0.15, 0.2) is 12.3 Å². The molecule has 1 N–H and O–H groups in total. The summed E-state index contributed by atoms with van der Waals surface area (Å²) in [5.41, 5.74) is 0.286. The van der Waals surface area contributed by atoms with Gasteiger partial charge in [-0.15, -0.1) is 0 Å². The van der Waals surface area contributed by atoms with Gasteiger partial charge < -0.3 is 14.6 Å². The minimum atomic E-state index is -0.932. The summed E-state index contributed by atoms with van der Waals surface area (Å²) in [6.45, 7) is 0.0709. The van der Waals surface area contributed by atoms with Crippen molar-refractivity contribution in [1.82, 2.24) is 4.98 Å². The van der Waals surface area contributed by atoms with Gasteiger partial charge in [0.05, 0.1) is 19.9 Å². The van der Waals surface area contributed by atoms with Gasteiger partial charge in [-0.05, 0) is 6.07 Å². The summed E-state index contributed by atoms with van der Waals surface area (Å²) in [7, 11) is 2.85. The predicted octanol–water partition coefficient (Wildman–Crippen LogP) is 0.909. The molecule has 0 saturated heterocycles. The highest BCUT2D eigenvalue weighted by atomic mass is 19.1. The summed E-state index contributed by atoms with van der Waals surface area (Å²) in [5, 5.41) is 9.55. The highest BCUT2D eigenvalue weighted by Gasteiger charge is 2.15. The first kappa shape index (κ1) is 10.9. The minimum Gasteiger partial charge on any atom is -0.481 e. The molecule has 78 valence electrons. The first-order valence-corrected chi connectivity index (χ1v) is 4.05. The smallest absolute Gasteiger partial charge is 0.219 e. The number of aliphatic hydroxyl groups is 1. The third kappa shape index (κ3) is 2.40. The molecule has 0 saturated carbocycles. The topological polar surface area (TPSA) is 51.6 Å². The quantitative estimate of drug-likeness (QED) is 0.786. The maximum absolute atomic E-state index is 12.8. The summed E-state index contributed by atoms with van der Waals surface area (Å²) in [6.07, 6.45) is 0.0974. The van der Waals surface area contributed by atoms with Crippen molar-refractivity contribution in [3.63, 3.8) is 0 Å². The van der Waals surface area contributed by atoms with Crippen molar-refractivity contribution in [2.75, 3.05) is 20.8 Å². The molecule has 1 rings (SSSR count). The second kappa shape index (κ2) is 4.88. The zero-order chi connectivity index (χ0) is 10.6. The summed E-state index contributed by atoms with van der Waals surface area (Å²) in [6, 6.07) is 1.18. The van der Waals surface area contributed by atoms with Crippen molar-refractivity contribution in [2.24, 2.45) is 0 Å². The zero-order valence-corrected chi connectivity index (χ0v) is 8.03. The van der Waals surface area contributed by atoms with Gasteiger partial charge in [0.25, 0.3) is 0 Å². The molecule has 5 heteroatoms. The zero-order valence-electron chi connectivity index (χ0n) is 8.03. The van der Waals surface area contributed by atoms with Gasteiger partial charge in [0, 0.05) is 12.7 Å². The fourth-order valence-electron chi connectivity index (χ4n) is 1.10. The van der Waals surface area contributed by atoms with E-state index in [-0.39, 0.29) is 18.1 Å². The van der Waals surface area contributed by atoms with Crippen LogP contribution in [0.1, 0.15) is 11.7 Å². The van der Waals surface area contributed by atoms with Crippen molar-refractivity contribution in [1.29, 1.82) is 0 Å². The second-order valence-corrected chi connectivity index (χ2v) is 2.72. The molecule has 0 aliphatic heterocycles. The molecule has 0 bridgehead atoms. The number of hydrogen-bond acceptors (Lipinski definition) is 4. The Hall–Kier alpha value is -1.20. The van der Waals surface area contributed by atoms with Gasteiger partial charge in [0.1, 0.15) is 11.9 Å². The molecule has 0 aliphatic rings. The average Bonchev–Trinajstić information content (AvgIpc) is 2.18. The lowest BCUT2D eigenvalue weighted by Gasteiger charge is -2.12. The number of aromatic nitrogens is 1. The molecule has 0 amide bonds. The first-order valence-electron chi connectivity index (χ1n) is 4.05. The Labute approximate surface area is 81.3 Å². The summed E-state index contributed by atoms with van der Waals surface area (Å²) in [5.74, 6) is -0.313. The van der Waals surface area contributed by atoms with Crippen LogP contribution in [0.3, 0.4) is 0 Å².